The van der Waals surface area contributed by atoms with Gasteiger partial charge in [0.15, 0.2) is 0 Å². The van der Waals surface area contributed by atoms with Gasteiger partial charge in [0.2, 0.25) is 0 Å². The van der Waals surface area contributed by atoms with Crippen molar-refractivity contribution in [2.45, 2.75) is 97.3 Å². The highest BCUT2D eigenvalue weighted by atomic mass is 35.5. The summed E-state index contributed by atoms with van der Waals surface area (Å²) in [5, 5.41) is 4.27. The van der Waals surface area contributed by atoms with E-state index in [-0.39, 0.29) is 21.7 Å². The van der Waals surface area contributed by atoms with Crippen molar-refractivity contribution in [2.24, 2.45) is 11.8 Å². The first-order valence-corrected chi connectivity index (χ1v) is 20.4. The van der Waals surface area contributed by atoms with Crippen LogP contribution in [0.25, 0.3) is 12.2 Å². The van der Waals surface area contributed by atoms with Crippen LogP contribution in [0.1, 0.15) is 108 Å². The highest BCUT2D eigenvalue weighted by Gasteiger charge is 2.26. The van der Waals surface area contributed by atoms with Crippen LogP contribution >= 0.6 is 46.7 Å². The molecule has 284 valence electrons. The number of amides is 4. The molecule has 10 nitrogen and oxygen atoms in total. The maximum absolute atomic E-state index is 12.1. The molecule has 4 aliphatic rings. The predicted molar refractivity (Wildman–Crippen MR) is 211 cm³/mol. The van der Waals surface area contributed by atoms with Crippen LogP contribution in [-0.4, -0.2) is 34.2 Å². The van der Waals surface area contributed by atoms with Crippen LogP contribution in [0.5, 0.6) is 11.5 Å². The lowest BCUT2D eigenvalue weighted by molar-refractivity contribution is -0.136. The monoisotopic (exact) mass is 802 g/mol. The summed E-state index contributed by atoms with van der Waals surface area (Å²) in [7, 11) is 0. The molecule has 2 aromatic rings. The number of halogens is 2. The Balaban J connectivity index is 0.000000226. The number of esters is 2. The molecule has 2 heterocycles. The van der Waals surface area contributed by atoms with Gasteiger partial charge < -0.3 is 9.47 Å². The molecule has 2 saturated carbocycles. The smallest absolute Gasteiger partial charge is 0.311 e. The summed E-state index contributed by atoms with van der Waals surface area (Å²) in [6, 6.07) is 9.69. The number of carbonyl (C=O) groups excluding carboxylic acids is 6. The fraction of sp³-hybridized carbons (Fsp3) is 0.436. The second-order valence-corrected chi connectivity index (χ2v) is 15.6. The van der Waals surface area contributed by atoms with Gasteiger partial charge in [0.05, 0.1) is 19.9 Å². The molecule has 4 fully saturated rings. The summed E-state index contributed by atoms with van der Waals surface area (Å²) >= 11 is 14.1. The molecule has 2 aliphatic heterocycles. The van der Waals surface area contributed by atoms with Crippen LogP contribution in [0.3, 0.4) is 0 Å². The third-order valence-corrected chi connectivity index (χ3v) is 11.2. The van der Waals surface area contributed by atoms with Crippen molar-refractivity contribution in [1.82, 2.24) is 10.6 Å². The van der Waals surface area contributed by atoms with Crippen molar-refractivity contribution in [2.75, 3.05) is 0 Å². The lowest BCUT2D eigenvalue weighted by atomic mass is 9.86. The molecule has 2 saturated heterocycles. The summed E-state index contributed by atoms with van der Waals surface area (Å²) in [5.74, 6) is 0.434. The van der Waals surface area contributed by atoms with E-state index in [2.05, 4.69) is 10.6 Å². The van der Waals surface area contributed by atoms with Crippen molar-refractivity contribution in [3.63, 3.8) is 0 Å². The molecule has 2 aliphatic carbocycles. The largest absolute Gasteiger partial charge is 0.426 e. The number of hydrogen-bond acceptors (Lipinski definition) is 10. The first kappa shape index (κ1) is 42.2. The highest BCUT2D eigenvalue weighted by Crippen LogP contribution is 2.33. The summed E-state index contributed by atoms with van der Waals surface area (Å²) < 4.78 is 10.7. The van der Waals surface area contributed by atoms with E-state index >= 15 is 0 Å². The summed E-state index contributed by atoms with van der Waals surface area (Å²) in [5.41, 5.74) is 1.17. The standard InChI is InChI=1S/C19H20ClNO4S.C18H18ClNO4S.C2H6/c20-15-11-14(25-17(22)9-6-12-4-2-1-3-5-12)8-7-13(15)10-16-18(23)21-19(24)26-16;19-14-10-13(24-16(21)8-11-4-2-1-3-5-11)7-6-12(14)9-15-17(22)20-18(23)25-15;1-2/h7-8,10-12H,1-6,9H2,(H,21,23,24);6-7,9-11H,1-5,8H2,(H,20,22,23);1-2H3/b16-10-;15-9-;. The molecule has 0 aromatic heterocycles. The van der Waals surface area contributed by atoms with Gasteiger partial charge in [-0.2, -0.15) is 0 Å². The van der Waals surface area contributed by atoms with Crippen molar-refractivity contribution in [3.05, 3.63) is 67.4 Å². The summed E-state index contributed by atoms with van der Waals surface area (Å²) in [6.07, 6.45) is 16.8. The maximum Gasteiger partial charge on any atom is 0.311 e. The molecule has 0 spiro atoms. The number of nitrogens with one attached hydrogen (secondary N) is 2. The number of hydrogen-bond donors (Lipinski definition) is 2. The maximum atomic E-state index is 12.1. The van der Waals surface area contributed by atoms with Crippen molar-refractivity contribution < 1.29 is 38.2 Å². The highest BCUT2D eigenvalue weighted by molar-refractivity contribution is 8.18. The van der Waals surface area contributed by atoms with E-state index in [0.717, 1.165) is 42.8 Å². The van der Waals surface area contributed by atoms with Gasteiger partial charge in [0.1, 0.15) is 11.5 Å². The Morgan fingerprint density at radius 1 is 0.679 bits per heavy atom. The number of benzene rings is 2. The first-order valence-electron chi connectivity index (χ1n) is 18.0. The molecule has 14 heteroatoms. The number of rotatable bonds is 9. The fourth-order valence-corrected chi connectivity index (χ4v) is 8.08. The minimum absolute atomic E-state index is 0.245. The molecule has 4 amide bonds. The minimum Gasteiger partial charge on any atom is -0.426 e. The second-order valence-electron chi connectivity index (χ2n) is 12.8. The van der Waals surface area contributed by atoms with E-state index in [4.69, 9.17) is 32.7 Å². The molecular formula is C39H44Cl2N2O8S2. The normalized spacial score (nSPS) is 19.2. The predicted octanol–water partition coefficient (Wildman–Crippen LogP) is 10.5. The first-order chi connectivity index (χ1) is 25.5. The van der Waals surface area contributed by atoms with Gasteiger partial charge in [-0.15, -0.1) is 0 Å². The Kier molecular flexibility index (Phi) is 17.0. The van der Waals surface area contributed by atoms with E-state index in [1.807, 2.05) is 13.8 Å². The summed E-state index contributed by atoms with van der Waals surface area (Å²) in [6.45, 7) is 4.00. The Hall–Kier alpha value is -3.58. The Labute approximate surface area is 328 Å². The molecule has 2 aromatic carbocycles. The number of thioether (sulfide) groups is 2. The van der Waals surface area contributed by atoms with Gasteiger partial charge >= 0.3 is 11.9 Å². The second kappa shape index (κ2) is 21.3. The van der Waals surface area contributed by atoms with Gasteiger partial charge in [-0.1, -0.05) is 88.4 Å². The Morgan fingerprint density at radius 3 is 1.53 bits per heavy atom. The van der Waals surface area contributed by atoms with E-state index in [9.17, 15) is 28.8 Å². The topological polar surface area (TPSA) is 145 Å². The quantitative estimate of drug-likeness (QED) is 0.143. The molecule has 0 radical (unpaired) electrons. The summed E-state index contributed by atoms with van der Waals surface area (Å²) in [4.78, 5) is 70.2. The van der Waals surface area contributed by atoms with Crippen molar-refractivity contribution in [3.8, 4) is 11.5 Å². The number of carbonyl (C=O) groups is 6. The van der Waals surface area contributed by atoms with E-state index in [0.29, 0.717) is 57.3 Å². The van der Waals surface area contributed by atoms with Crippen LogP contribution in [0.2, 0.25) is 10.0 Å². The van der Waals surface area contributed by atoms with Gasteiger partial charge in [0, 0.05) is 25.0 Å². The van der Waals surface area contributed by atoms with Crippen LogP contribution in [0.15, 0.2) is 46.2 Å². The zero-order valence-electron chi connectivity index (χ0n) is 29.8. The molecule has 53 heavy (non-hydrogen) atoms. The molecular weight excluding hydrogens is 759 g/mol. The Bertz CT molecular complexity index is 1750. The fourth-order valence-electron chi connectivity index (χ4n) is 6.28. The van der Waals surface area contributed by atoms with Crippen LogP contribution < -0.4 is 20.1 Å². The van der Waals surface area contributed by atoms with Crippen LogP contribution in [0, 0.1) is 11.8 Å². The SMILES string of the molecule is CC.O=C(CC1CCCCC1)Oc1ccc(/C=C2\SC(=O)NC2=O)c(Cl)c1.O=C(CCC1CCCCC1)Oc1ccc(/C=C2\SC(=O)NC2=O)c(Cl)c1. The minimum atomic E-state index is -0.436. The zero-order valence-corrected chi connectivity index (χ0v) is 32.9. The zero-order chi connectivity index (χ0) is 38.3. The number of ether oxygens (including phenoxy) is 2. The van der Waals surface area contributed by atoms with Gasteiger partial charge in [0.25, 0.3) is 22.3 Å². The third kappa shape index (κ3) is 13.7. The molecule has 6 rings (SSSR count). The molecule has 0 bridgehead atoms. The third-order valence-electron chi connectivity index (χ3n) is 8.93. The Morgan fingerprint density at radius 2 is 1.11 bits per heavy atom. The van der Waals surface area contributed by atoms with Gasteiger partial charge in [-0.25, -0.2) is 0 Å². The van der Waals surface area contributed by atoms with Gasteiger partial charge in [-0.05, 0) is 102 Å². The van der Waals surface area contributed by atoms with Crippen molar-refractivity contribution in [1.29, 1.82) is 0 Å². The van der Waals surface area contributed by atoms with E-state index in [1.165, 1.54) is 51.4 Å². The molecule has 0 unspecified atom stereocenters. The molecule has 0 atom stereocenters. The lowest BCUT2D eigenvalue weighted by Crippen LogP contribution is -2.17. The van der Waals surface area contributed by atoms with Crippen LogP contribution in [-0.2, 0) is 19.2 Å². The average molecular weight is 804 g/mol. The van der Waals surface area contributed by atoms with Crippen LogP contribution in [0.4, 0.5) is 9.59 Å². The average Bonchev–Trinajstić information content (AvgIpc) is 3.64. The van der Waals surface area contributed by atoms with E-state index in [1.54, 1.807) is 48.6 Å². The molecule has 2 N–H and O–H groups in total. The van der Waals surface area contributed by atoms with E-state index < -0.39 is 22.3 Å². The number of imide groups is 2. The lowest BCUT2D eigenvalue weighted by Gasteiger charge is -2.20. The van der Waals surface area contributed by atoms with Gasteiger partial charge in [-0.3, -0.25) is 39.4 Å². The van der Waals surface area contributed by atoms with Crippen molar-refractivity contribution >= 4 is 93.1 Å².